The lowest BCUT2D eigenvalue weighted by molar-refractivity contribution is 0.268. The lowest BCUT2D eigenvalue weighted by atomic mass is 9.82. The van der Waals surface area contributed by atoms with Gasteiger partial charge in [0, 0.05) is 30.5 Å². The van der Waals surface area contributed by atoms with Crippen molar-refractivity contribution in [3.8, 4) is 17.2 Å². The van der Waals surface area contributed by atoms with E-state index >= 15 is 0 Å². The lowest BCUT2D eigenvalue weighted by Gasteiger charge is -2.34. The molecule has 0 aromatic heterocycles. The average Bonchev–Trinajstić information content (AvgIpc) is 2.94. The van der Waals surface area contributed by atoms with Crippen molar-refractivity contribution in [1.29, 1.82) is 0 Å². The predicted octanol–water partition coefficient (Wildman–Crippen LogP) is 11.2. The maximum Gasteiger partial charge on any atom is 0.175 e. The van der Waals surface area contributed by atoms with E-state index in [0.29, 0.717) is 28.8 Å². The van der Waals surface area contributed by atoms with Gasteiger partial charge in [-0.3, -0.25) is 0 Å². The van der Waals surface area contributed by atoms with Crippen LogP contribution in [-0.2, 0) is 0 Å². The molecule has 9 nitrogen and oxygen atoms in total. The highest BCUT2D eigenvalue weighted by Gasteiger charge is 2.26. The Hall–Kier alpha value is -2.64. The van der Waals surface area contributed by atoms with Gasteiger partial charge in [-0.1, -0.05) is 68.6 Å². The molecule has 0 saturated carbocycles. The Labute approximate surface area is 357 Å². The molecule has 0 amide bonds. The first-order valence-corrected chi connectivity index (χ1v) is 19.9. The summed E-state index contributed by atoms with van der Waals surface area (Å²) in [6, 6.07) is 8.39. The van der Waals surface area contributed by atoms with E-state index in [2.05, 4.69) is 100 Å². The SMILES string of the molecule is CC(C)(C)CC(C)(C)NC(=S)Nc1cc(Br)cc(F)c1O.CC(C)(C)NC(=S)Nc1cc(Br)cc(F)c1O.CC(C)NC(=S)Nc1cc(Br)cc(F)c1O. The van der Waals surface area contributed by atoms with Crippen LogP contribution in [0.3, 0.4) is 0 Å². The van der Waals surface area contributed by atoms with Gasteiger partial charge in [0.05, 0.1) is 17.1 Å². The van der Waals surface area contributed by atoms with Crippen LogP contribution in [0.15, 0.2) is 49.8 Å². The van der Waals surface area contributed by atoms with E-state index in [9.17, 15) is 28.5 Å². The number of aromatic hydroxyl groups is 3. The van der Waals surface area contributed by atoms with Gasteiger partial charge in [-0.2, -0.15) is 0 Å². The maximum absolute atomic E-state index is 13.5. The number of benzene rings is 3. The molecule has 0 aliphatic heterocycles. The first-order valence-electron chi connectivity index (χ1n) is 16.3. The molecule has 0 atom stereocenters. The van der Waals surface area contributed by atoms with E-state index in [0.717, 1.165) is 6.42 Å². The molecule has 0 saturated heterocycles. The van der Waals surface area contributed by atoms with E-state index in [1.54, 1.807) is 18.2 Å². The van der Waals surface area contributed by atoms with Gasteiger partial charge >= 0.3 is 0 Å². The van der Waals surface area contributed by atoms with Gasteiger partial charge in [0.25, 0.3) is 0 Å². The van der Waals surface area contributed by atoms with Crippen molar-refractivity contribution >= 4 is 117 Å². The van der Waals surface area contributed by atoms with E-state index < -0.39 is 34.7 Å². The number of nitrogens with one attached hydrogen (secondary N) is 6. The third-order valence-electron chi connectivity index (χ3n) is 6.16. The number of phenolic OH excluding ortho intramolecular Hbond substituents is 3. The highest BCUT2D eigenvalue weighted by atomic mass is 79.9. The van der Waals surface area contributed by atoms with E-state index in [4.69, 9.17) is 36.7 Å². The molecule has 3 aromatic carbocycles. The molecule has 0 spiro atoms. The van der Waals surface area contributed by atoms with Crippen LogP contribution in [-0.4, -0.2) is 47.8 Å². The zero-order valence-corrected chi connectivity index (χ0v) is 38.8. The predicted molar refractivity (Wildman–Crippen MR) is 238 cm³/mol. The number of thiocarbonyl (C=S) groups is 3. The van der Waals surface area contributed by atoms with Crippen LogP contribution in [0.25, 0.3) is 0 Å². The Morgan fingerprint density at radius 2 is 0.907 bits per heavy atom. The molecule has 0 radical (unpaired) electrons. The van der Waals surface area contributed by atoms with Crippen molar-refractivity contribution in [3.05, 3.63) is 67.3 Å². The molecule has 0 bridgehead atoms. The molecule has 0 fully saturated rings. The maximum atomic E-state index is 13.5. The summed E-state index contributed by atoms with van der Waals surface area (Å²) in [5.41, 5.74) is 0.401. The monoisotopic (exact) mass is 1000 g/mol. The summed E-state index contributed by atoms with van der Waals surface area (Å²) in [6.07, 6.45) is 0.903. The van der Waals surface area contributed by atoms with Crippen molar-refractivity contribution in [2.45, 2.75) is 92.8 Å². The highest BCUT2D eigenvalue weighted by Crippen LogP contribution is 2.33. The van der Waals surface area contributed by atoms with Crippen molar-refractivity contribution < 1.29 is 28.5 Å². The minimum atomic E-state index is -0.708. The van der Waals surface area contributed by atoms with Crippen LogP contribution in [0, 0.1) is 22.9 Å². The Balaban J connectivity index is 0.000000410. The Morgan fingerprint density at radius 1 is 0.593 bits per heavy atom. The van der Waals surface area contributed by atoms with Crippen LogP contribution >= 0.6 is 84.4 Å². The number of hydrogen-bond acceptors (Lipinski definition) is 6. The summed E-state index contributed by atoms with van der Waals surface area (Å²) >= 11 is 24.8. The third kappa shape index (κ3) is 19.3. The van der Waals surface area contributed by atoms with Gasteiger partial charge in [-0.25, -0.2) is 13.2 Å². The van der Waals surface area contributed by atoms with Crippen LogP contribution in [0.4, 0.5) is 30.2 Å². The summed E-state index contributed by atoms with van der Waals surface area (Å²) < 4.78 is 41.5. The second kappa shape index (κ2) is 21.0. The third-order valence-corrected chi connectivity index (χ3v) is 8.16. The number of rotatable bonds is 6. The van der Waals surface area contributed by atoms with Crippen molar-refractivity contribution in [2.24, 2.45) is 5.41 Å². The van der Waals surface area contributed by atoms with Gasteiger partial charge in [-0.05, 0) is 133 Å². The summed E-state index contributed by atoms with van der Waals surface area (Å²) in [5.74, 6) is -3.47. The number of anilines is 3. The Morgan fingerprint density at radius 3 is 1.20 bits per heavy atom. The molecular formula is C36H48Br3F3N6O3S3. The minimum absolute atomic E-state index is 0.149. The second-order valence-electron chi connectivity index (χ2n) is 15.1. The molecule has 300 valence electrons. The molecule has 0 aliphatic rings. The summed E-state index contributed by atoms with van der Waals surface area (Å²) in [7, 11) is 0. The topological polar surface area (TPSA) is 133 Å². The van der Waals surface area contributed by atoms with E-state index in [-0.39, 0.29) is 39.6 Å². The fourth-order valence-electron chi connectivity index (χ4n) is 4.73. The molecular weight excluding hydrogens is 957 g/mol. The van der Waals surface area contributed by atoms with Crippen LogP contribution in [0.5, 0.6) is 17.2 Å². The lowest BCUT2D eigenvalue weighted by Crippen LogP contribution is -2.47. The first kappa shape index (κ1) is 49.4. The quantitative estimate of drug-likeness (QED) is 0.0860. The Kier molecular flexibility index (Phi) is 19.2. The normalized spacial score (nSPS) is 11.3. The standard InChI is InChI=1S/C15H22BrFN2OS.C11H14BrFN2OS.C10H12BrFN2OS/c1-14(2,3)8-15(4,5)19-13(21)18-11-7-9(16)6-10(17)12(11)20;1-11(2,3)15-10(17)14-8-5-6(12)4-7(13)9(8)16;1-5(2)13-10(16)14-8-4-6(11)3-7(12)9(8)15/h6-7,20H,8H2,1-5H3,(H2,18,19,21);4-5,16H,1-3H3,(H2,14,15,17);3-5,15H,1-2H3,(H2,13,14,16). The summed E-state index contributed by atoms with van der Waals surface area (Å²) in [6.45, 7) is 20.3. The van der Waals surface area contributed by atoms with Crippen molar-refractivity contribution in [3.63, 3.8) is 0 Å². The zero-order chi connectivity index (χ0) is 41.9. The number of halogens is 6. The van der Waals surface area contributed by atoms with Crippen LogP contribution < -0.4 is 31.9 Å². The molecule has 0 aliphatic carbocycles. The van der Waals surface area contributed by atoms with Gasteiger partial charge < -0.3 is 47.2 Å². The van der Waals surface area contributed by atoms with E-state index in [1.165, 1.54) is 18.2 Å². The molecule has 0 unspecified atom stereocenters. The molecule has 3 rings (SSSR count). The van der Waals surface area contributed by atoms with Gasteiger partial charge in [0.15, 0.2) is 50.0 Å². The fraction of sp³-hybridized carbons (Fsp3) is 0.417. The minimum Gasteiger partial charge on any atom is -0.503 e. The van der Waals surface area contributed by atoms with Crippen LogP contribution in [0.2, 0.25) is 0 Å². The van der Waals surface area contributed by atoms with Gasteiger partial charge in [0.1, 0.15) is 0 Å². The van der Waals surface area contributed by atoms with Crippen LogP contribution in [0.1, 0.15) is 75.7 Å². The summed E-state index contributed by atoms with van der Waals surface area (Å²) in [5, 5.41) is 47.1. The smallest absolute Gasteiger partial charge is 0.175 e. The molecule has 0 heterocycles. The largest absolute Gasteiger partial charge is 0.503 e. The fourth-order valence-corrected chi connectivity index (χ4v) is 7.17. The average molecular weight is 1010 g/mol. The number of phenols is 3. The molecule has 9 N–H and O–H groups in total. The van der Waals surface area contributed by atoms with Crippen molar-refractivity contribution in [2.75, 3.05) is 16.0 Å². The molecule has 54 heavy (non-hydrogen) atoms. The number of hydrogen-bond donors (Lipinski definition) is 9. The Bertz CT molecular complexity index is 1810. The zero-order valence-electron chi connectivity index (χ0n) is 31.6. The first-order chi connectivity index (χ1) is 24.5. The molecule has 18 heteroatoms. The highest BCUT2D eigenvalue weighted by molar-refractivity contribution is 9.11. The summed E-state index contributed by atoms with van der Waals surface area (Å²) in [4.78, 5) is 0. The second-order valence-corrected chi connectivity index (χ2v) is 19.1. The molecule has 3 aromatic rings. The van der Waals surface area contributed by atoms with Gasteiger partial charge in [0.2, 0.25) is 0 Å². The van der Waals surface area contributed by atoms with Crippen molar-refractivity contribution in [1.82, 2.24) is 16.0 Å². The van der Waals surface area contributed by atoms with E-state index in [1.807, 2.05) is 48.5 Å². The van der Waals surface area contributed by atoms with Gasteiger partial charge in [-0.15, -0.1) is 0 Å².